The van der Waals surface area contributed by atoms with Crippen LogP contribution in [0.1, 0.15) is 5.56 Å². The van der Waals surface area contributed by atoms with Crippen molar-refractivity contribution >= 4 is 23.4 Å². The fourth-order valence-corrected chi connectivity index (χ4v) is 2.50. The van der Waals surface area contributed by atoms with E-state index in [1.54, 1.807) is 24.4 Å². The molecule has 0 amide bonds. The van der Waals surface area contributed by atoms with E-state index in [1.165, 1.54) is 0 Å². The Labute approximate surface area is 160 Å². The number of nitrogens with zero attached hydrogens (tertiary/aromatic N) is 5. The van der Waals surface area contributed by atoms with Crippen LogP contribution in [0.25, 0.3) is 11.3 Å². The monoisotopic (exact) mass is 369 g/mol. The maximum Gasteiger partial charge on any atom is 0.245 e. The van der Waals surface area contributed by atoms with Crippen LogP contribution in [0.3, 0.4) is 0 Å². The van der Waals surface area contributed by atoms with Crippen molar-refractivity contribution in [3.05, 3.63) is 84.4 Å². The van der Waals surface area contributed by atoms with Crippen molar-refractivity contribution in [3.8, 4) is 17.0 Å². The first kappa shape index (κ1) is 17.3. The van der Waals surface area contributed by atoms with Crippen LogP contribution in [0, 0.1) is 0 Å². The van der Waals surface area contributed by atoms with E-state index in [0.29, 0.717) is 16.9 Å². The predicted octanol–water partition coefficient (Wildman–Crippen LogP) is 5.61. The highest BCUT2D eigenvalue weighted by Crippen LogP contribution is 2.29. The maximum absolute atomic E-state index is 10.1. The first-order valence-electron chi connectivity index (χ1n) is 8.51. The summed E-state index contributed by atoms with van der Waals surface area (Å²) >= 11 is 0. The molecular formula is C21H15N5O2. The number of aromatic hydroxyl groups is 1. The highest BCUT2D eigenvalue weighted by molar-refractivity contribution is 5.86. The molecule has 28 heavy (non-hydrogen) atoms. The standard InChI is InChI=1S/C21H15N5O2/c27-19-12-11-18(13-16(19)14-22-17-9-5-2-6-10-17)23-24-21-20(25-28-26-21)15-7-3-1-4-8-15/h1-14,27H. The van der Waals surface area contributed by atoms with Gasteiger partial charge in [0.2, 0.25) is 5.82 Å². The molecular weight excluding hydrogens is 354 g/mol. The third-order valence-electron chi connectivity index (χ3n) is 3.90. The molecule has 1 aromatic heterocycles. The van der Waals surface area contributed by atoms with Crippen LogP contribution in [0.4, 0.5) is 17.2 Å². The molecule has 4 rings (SSSR count). The van der Waals surface area contributed by atoms with Crippen LogP contribution in [0.2, 0.25) is 0 Å². The van der Waals surface area contributed by atoms with Crippen molar-refractivity contribution < 1.29 is 9.74 Å². The third kappa shape index (κ3) is 3.99. The second-order valence-corrected chi connectivity index (χ2v) is 5.84. The molecule has 0 radical (unpaired) electrons. The van der Waals surface area contributed by atoms with Crippen LogP contribution < -0.4 is 0 Å². The van der Waals surface area contributed by atoms with Crippen LogP contribution >= 0.6 is 0 Å². The normalized spacial score (nSPS) is 11.4. The lowest BCUT2D eigenvalue weighted by Gasteiger charge is -2.00. The Bertz CT molecular complexity index is 1120. The van der Waals surface area contributed by atoms with Crippen molar-refractivity contribution in [2.24, 2.45) is 15.2 Å². The number of phenolic OH excluding ortho intramolecular Hbond substituents is 1. The van der Waals surface area contributed by atoms with Crippen LogP contribution in [-0.4, -0.2) is 21.6 Å². The van der Waals surface area contributed by atoms with Gasteiger partial charge in [-0.25, -0.2) is 4.63 Å². The summed E-state index contributed by atoms with van der Waals surface area (Å²) in [4.78, 5) is 4.35. The summed E-state index contributed by atoms with van der Waals surface area (Å²) in [6.07, 6.45) is 1.58. The zero-order valence-electron chi connectivity index (χ0n) is 14.7. The predicted molar refractivity (Wildman–Crippen MR) is 106 cm³/mol. The van der Waals surface area contributed by atoms with Crippen molar-refractivity contribution in [3.63, 3.8) is 0 Å². The minimum absolute atomic E-state index is 0.103. The number of hydrogen-bond acceptors (Lipinski definition) is 7. The molecule has 4 aromatic rings. The summed E-state index contributed by atoms with van der Waals surface area (Å²) in [6, 6.07) is 23.8. The number of phenols is 1. The summed E-state index contributed by atoms with van der Waals surface area (Å²) < 4.78 is 4.80. The molecule has 0 saturated carbocycles. The highest BCUT2D eigenvalue weighted by atomic mass is 16.6. The second-order valence-electron chi connectivity index (χ2n) is 5.84. The van der Waals surface area contributed by atoms with E-state index < -0.39 is 0 Å². The molecule has 0 saturated heterocycles. The Balaban J connectivity index is 1.58. The molecule has 136 valence electrons. The summed E-state index contributed by atoms with van der Waals surface area (Å²) in [5, 5.41) is 26.1. The van der Waals surface area contributed by atoms with Gasteiger partial charge in [-0.1, -0.05) is 48.5 Å². The Morgan fingerprint density at radius 2 is 1.54 bits per heavy atom. The lowest BCUT2D eigenvalue weighted by Crippen LogP contribution is -1.82. The van der Waals surface area contributed by atoms with Crippen LogP contribution in [0.5, 0.6) is 5.75 Å². The van der Waals surface area contributed by atoms with Gasteiger partial charge in [0.1, 0.15) is 5.75 Å². The van der Waals surface area contributed by atoms with E-state index in [9.17, 15) is 5.11 Å². The lowest BCUT2D eigenvalue weighted by molar-refractivity contribution is 0.309. The molecule has 0 unspecified atom stereocenters. The summed E-state index contributed by atoms with van der Waals surface area (Å²) in [5.41, 5.74) is 3.19. The number of rotatable bonds is 5. The van der Waals surface area contributed by atoms with Crippen molar-refractivity contribution in [1.82, 2.24) is 10.3 Å². The smallest absolute Gasteiger partial charge is 0.245 e. The van der Waals surface area contributed by atoms with Gasteiger partial charge in [0.05, 0.1) is 11.4 Å². The Kier molecular flexibility index (Phi) is 4.97. The summed E-state index contributed by atoms with van der Waals surface area (Å²) in [5.74, 6) is 0.380. The molecule has 0 spiro atoms. The number of hydrogen-bond donors (Lipinski definition) is 1. The van der Waals surface area contributed by atoms with Crippen molar-refractivity contribution in [2.45, 2.75) is 0 Å². The first-order chi connectivity index (χ1) is 13.8. The fourth-order valence-electron chi connectivity index (χ4n) is 2.50. The van der Waals surface area contributed by atoms with E-state index >= 15 is 0 Å². The molecule has 7 nitrogen and oxygen atoms in total. The number of aliphatic imine (C=N–C) groups is 1. The number of benzene rings is 3. The lowest BCUT2D eigenvalue weighted by atomic mass is 10.1. The van der Waals surface area contributed by atoms with Gasteiger partial charge < -0.3 is 5.11 Å². The van der Waals surface area contributed by atoms with Gasteiger partial charge in [-0.3, -0.25) is 4.99 Å². The zero-order valence-corrected chi connectivity index (χ0v) is 14.7. The number of aromatic nitrogens is 2. The average Bonchev–Trinajstić information content (AvgIpc) is 3.22. The SMILES string of the molecule is Oc1ccc(N=Nc2nonc2-c2ccccc2)cc1C=Nc1ccccc1. The Morgan fingerprint density at radius 1 is 0.786 bits per heavy atom. The van der Waals surface area contributed by atoms with E-state index in [-0.39, 0.29) is 11.6 Å². The molecule has 3 aromatic carbocycles. The number of para-hydroxylation sites is 1. The average molecular weight is 369 g/mol. The van der Waals surface area contributed by atoms with Gasteiger partial charge >= 0.3 is 0 Å². The Morgan fingerprint density at radius 3 is 2.32 bits per heavy atom. The van der Waals surface area contributed by atoms with E-state index in [4.69, 9.17) is 4.63 Å². The molecule has 0 bridgehead atoms. The number of azo groups is 1. The van der Waals surface area contributed by atoms with Crippen molar-refractivity contribution in [1.29, 1.82) is 0 Å². The largest absolute Gasteiger partial charge is 0.507 e. The van der Waals surface area contributed by atoms with Gasteiger partial charge in [-0.05, 0) is 40.6 Å². The Hall–Kier alpha value is -4.13. The maximum atomic E-state index is 10.1. The van der Waals surface area contributed by atoms with Gasteiger partial charge in [0.15, 0.2) is 5.69 Å². The van der Waals surface area contributed by atoms with E-state index in [0.717, 1.165) is 11.3 Å². The molecule has 0 fully saturated rings. The van der Waals surface area contributed by atoms with Gasteiger partial charge in [-0.15, -0.1) is 10.2 Å². The zero-order chi connectivity index (χ0) is 19.2. The fraction of sp³-hybridized carbons (Fsp3) is 0. The van der Waals surface area contributed by atoms with Gasteiger partial charge in [0, 0.05) is 17.3 Å². The summed E-state index contributed by atoms with van der Waals surface area (Å²) in [6.45, 7) is 0. The minimum atomic E-state index is 0.103. The molecule has 1 N–H and O–H groups in total. The minimum Gasteiger partial charge on any atom is -0.507 e. The van der Waals surface area contributed by atoms with Gasteiger partial charge in [0.25, 0.3) is 0 Å². The van der Waals surface area contributed by atoms with Gasteiger partial charge in [-0.2, -0.15) is 0 Å². The third-order valence-corrected chi connectivity index (χ3v) is 3.90. The van der Waals surface area contributed by atoms with E-state index in [2.05, 4.69) is 25.5 Å². The topological polar surface area (TPSA) is 96.2 Å². The molecule has 0 aliphatic carbocycles. The molecule has 1 heterocycles. The highest BCUT2D eigenvalue weighted by Gasteiger charge is 2.11. The summed E-state index contributed by atoms with van der Waals surface area (Å²) in [7, 11) is 0. The van der Waals surface area contributed by atoms with Crippen molar-refractivity contribution in [2.75, 3.05) is 0 Å². The quantitative estimate of drug-likeness (QED) is 0.365. The van der Waals surface area contributed by atoms with E-state index in [1.807, 2.05) is 60.7 Å². The first-order valence-corrected chi connectivity index (χ1v) is 8.51. The van der Waals surface area contributed by atoms with Crippen LogP contribution in [0.15, 0.2) is 98.7 Å². The molecule has 0 aliphatic rings. The molecule has 7 heteroatoms. The molecule has 0 atom stereocenters. The second kappa shape index (κ2) is 8.05. The van der Waals surface area contributed by atoms with Crippen LogP contribution in [-0.2, 0) is 0 Å². The molecule has 0 aliphatic heterocycles.